The molecule has 0 atom stereocenters. The molecule has 0 bridgehead atoms. The van der Waals surface area contributed by atoms with E-state index in [1.807, 2.05) is 0 Å². The zero-order valence-electron chi connectivity index (χ0n) is 15.8. The summed E-state index contributed by atoms with van der Waals surface area (Å²) in [5.41, 5.74) is 0.408. The van der Waals surface area contributed by atoms with Crippen LogP contribution in [0, 0.1) is 17.5 Å². The summed E-state index contributed by atoms with van der Waals surface area (Å²) in [4.78, 5) is 12.3. The van der Waals surface area contributed by atoms with Gasteiger partial charge < -0.3 is 14.4 Å². The number of benzene rings is 3. The normalized spacial score (nSPS) is 11.1. The highest BCUT2D eigenvalue weighted by Gasteiger charge is 2.26. The number of carbonyl (C=O) groups is 1. The first-order chi connectivity index (χ1) is 14.4. The molecule has 0 aliphatic rings. The Morgan fingerprint density at radius 2 is 1.77 bits per heavy atom. The van der Waals surface area contributed by atoms with Crippen molar-refractivity contribution in [3.05, 3.63) is 89.4 Å². The minimum atomic E-state index is -1.32. The Morgan fingerprint density at radius 1 is 1.00 bits per heavy atom. The molecule has 0 saturated carbocycles. The molecule has 152 valence electrons. The first-order valence-electron chi connectivity index (χ1n) is 9.03. The Hall–Kier alpha value is -3.74. The number of hydrogen-bond acceptors (Lipinski definition) is 2. The van der Waals surface area contributed by atoms with E-state index in [0.717, 1.165) is 18.2 Å². The van der Waals surface area contributed by atoms with Crippen LogP contribution in [0.5, 0.6) is 5.75 Å². The van der Waals surface area contributed by atoms with Gasteiger partial charge in [0, 0.05) is 27.6 Å². The standard InChI is InChI=1S/C23H16F3NO3/c1-30-15-7-9-20-17(11-15)21(16-4-2-3-5-19(16)26)22(23(28)29)27(20)12-13-10-14(24)6-8-18(13)25/h2-11H,12H2,1H3,(H,28,29). The van der Waals surface area contributed by atoms with Crippen molar-refractivity contribution in [1.29, 1.82) is 0 Å². The summed E-state index contributed by atoms with van der Waals surface area (Å²) in [6.07, 6.45) is 0. The SMILES string of the molecule is COc1ccc2c(c1)c(-c1ccccc1F)c(C(=O)O)n2Cc1cc(F)ccc1F. The van der Waals surface area contributed by atoms with Crippen molar-refractivity contribution < 1.29 is 27.8 Å². The number of halogens is 3. The van der Waals surface area contributed by atoms with Crippen molar-refractivity contribution in [2.45, 2.75) is 6.54 Å². The van der Waals surface area contributed by atoms with Gasteiger partial charge in [-0.2, -0.15) is 0 Å². The summed E-state index contributed by atoms with van der Waals surface area (Å²) in [6, 6.07) is 13.6. The van der Waals surface area contributed by atoms with Gasteiger partial charge in [-0.1, -0.05) is 18.2 Å². The summed E-state index contributed by atoms with van der Waals surface area (Å²) in [6.45, 7) is -0.248. The molecule has 4 rings (SSSR count). The Kier molecular flexibility index (Phi) is 4.95. The average molecular weight is 411 g/mol. The maximum Gasteiger partial charge on any atom is 0.353 e. The smallest absolute Gasteiger partial charge is 0.353 e. The summed E-state index contributed by atoms with van der Waals surface area (Å²) < 4.78 is 49.2. The van der Waals surface area contributed by atoms with E-state index in [9.17, 15) is 23.1 Å². The molecule has 7 heteroatoms. The van der Waals surface area contributed by atoms with Crippen molar-refractivity contribution in [2.75, 3.05) is 7.11 Å². The van der Waals surface area contributed by atoms with Crippen molar-refractivity contribution in [3.63, 3.8) is 0 Å². The van der Waals surface area contributed by atoms with Crippen LogP contribution in [0.3, 0.4) is 0 Å². The van der Waals surface area contributed by atoms with Gasteiger partial charge in [-0.05, 0) is 42.5 Å². The van der Waals surface area contributed by atoms with Gasteiger partial charge in [0.2, 0.25) is 0 Å². The highest BCUT2D eigenvalue weighted by molar-refractivity contribution is 6.08. The number of carboxylic acids is 1. The fourth-order valence-corrected chi connectivity index (χ4v) is 3.62. The maximum absolute atomic E-state index is 14.6. The highest BCUT2D eigenvalue weighted by Crippen LogP contribution is 2.38. The summed E-state index contributed by atoms with van der Waals surface area (Å²) in [5, 5.41) is 10.4. The second kappa shape index (κ2) is 7.59. The number of rotatable bonds is 5. The number of carboxylic acid groups (broad SMARTS) is 1. The molecule has 3 aromatic carbocycles. The number of fused-ring (bicyclic) bond motifs is 1. The Labute approximate surface area is 169 Å². The maximum atomic E-state index is 14.6. The molecule has 0 aliphatic carbocycles. The molecule has 0 aliphatic heterocycles. The topological polar surface area (TPSA) is 51.5 Å². The number of ether oxygens (including phenoxy) is 1. The van der Waals surface area contributed by atoms with Crippen LogP contribution < -0.4 is 4.74 Å². The highest BCUT2D eigenvalue weighted by atomic mass is 19.1. The molecular formula is C23H16F3NO3. The number of aromatic carboxylic acids is 1. The lowest BCUT2D eigenvalue weighted by molar-refractivity contribution is 0.0687. The minimum absolute atomic E-state index is 0.0229. The zero-order chi connectivity index (χ0) is 21.4. The minimum Gasteiger partial charge on any atom is -0.497 e. The van der Waals surface area contributed by atoms with E-state index < -0.39 is 23.4 Å². The first kappa shape index (κ1) is 19.6. The van der Waals surface area contributed by atoms with E-state index in [0.29, 0.717) is 16.7 Å². The summed E-state index contributed by atoms with van der Waals surface area (Å²) in [5.74, 6) is -2.78. The van der Waals surface area contributed by atoms with Gasteiger partial charge >= 0.3 is 5.97 Å². The molecule has 1 aromatic heterocycles. The molecule has 1 N–H and O–H groups in total. The number of hydrogen-bond donors (Lipinski definition) is 1. The molecule has 0 fully saturated rings. The lowest BCUT2D eigenvalue weighted by Gasteiger charge is -2.11. The molecule has 0 radical (unpaired) electrons. The number of aromatic nitrogens is 1. The van der Waals surface area contributed by atoms with Gasteiger partial charge in [-0.15, -0.1) is 0 Å². The monoisotopic (exact) mass is 411 g/mol. The summed E-state index contributed by atoms with van der Waals surface area (Å²) >= 11 is 0. The number of nitrogens with zero attached hydrogens (tertiary/aromatic N) is 1. The van der Waals surface area contributed by atoms with Crippen LogP contribution in [0.4, 0.5) is 13.2 Å². The van der Waals surface area contributed by atoms with E-state index in [4.69, 9.17) is 4.74 Å². The van der Waals surface area contributed by atoms with Crippen LogP contribution in [-0.2, 0) is 6.54 Å². The van der Waals surface area contributed by atoms with Crippen LogP contribution >= 0.6 is 0 Å². The van der Waals surface area contributed by atoms with E-state index >= 15 is 0 Å². The largest absolute Gasteiger partial charge is 0.497 e. The van der Waals surface area contributed by atoms with Crippen LogP contribution in [-0.4, -0.2) is 22.8 Å². The van der Waals surface area contributed by atoms with Crippen LogP contribution in [0.2, 0.25) is 0 Å². The van der Waals surface area contributed by atoms with Gasteiger partial charge in [0.1, 0.15) is 28.9 Å². The predicted octanol–water partition coefficient (Wildman–Crippen LogP) is 5.48. The van der Waals surface area contributed by atoms with Crippen LogP contribution in [0.15, 0.2) is 60.7 Å². The molecule has 0 amide bonds. The van der Waals surface area contributed by atoms with Gasteiger partial charge in [0.15, 0.2) is 0 Å². The van der Waals surface area contributed by atoms with Crippen molar-refractivity contribution in [3.8, 4) is 16.9 Å². The van der Waals surface area contributed by atoms with Crippen molar-refractivity contribution in [1.82, 2.24) is 4.57 Å². The first-order valence-corrected chi connectivity index (χ1v) is 9.03. The van der Waals surface area contributed by atoms with Crippen molar-refractivity contribution >= 4 is 16.9 Å². The zero-order valence-corrected chi connectivity index (χ0v) is 15.8. The van der Waals surface area contributed by atoms with Gasteiger partial charge in [0.25, 0.3) is 0 Å². The van der Waals surface area contributed by atoms with E-state index in [-0.39, 0.29) is 28.9 Å². The second-order valence-electron chi connectivity index (χ2n) is 6.71. The fourth-order valence-electron chi connectivity index (χ4n) is 3.62. The Bertz CT molecular complexity index is 1280. The lowest BCUT2D eigenvalue weighted by atomic mass is 10.0. The molecule has 0 spiro atoms. The summed E-state index contributed by atoms with van der Waals surface area (Å²) in [7, 11) is 1.46. The third-order valence-electron chi connectivity index (χ3n) is 4.95. The Morgan fingerprint density at radius 3 is 2.47 bits per heavy atom. The van der Waals surface area contributed by atoms with Gasteiger partial charge in [-0.3, -0.25) is 0 Å². The number of methoxy groups -OCH3 is 1. The fraction of sp³-hybridized carbons (Fsp3) is 0.0870. The van der Waals surface area contributed by atoms with Gasteiger partial charge in [0.05, 0.1) is 13.7 Å². The third-order valence-corrected chi connectivity index (χ3v) is 4.95. The predicted molar refractivity (Wildman–Crippen MR) is 106 cm³/mol. The molecule has 4 nitrogen and oxygen atoms in total. The van der Waals surface area contributed by atoms with E-state index in [1.54, 1.807) is 24.3 Å². The van der Waals surface area contributed by atoms with E-state index in [1.165, 1.54) is 29.9 Å². The van der Waals surface area contributed by atoms with E-state index in [2.05, 4.69) is 0 Å². The quantitative estimate of drug-likeness (QED) is 0.473. The molecule has 30 heavy (non-hydrogen) atoms. The molecule has 0 saturated heterocycles. The molecule has 1 heterocycles. The van der Waals surface area contributed by atoms with Crippen LogP contribution in [0.25, 0.3) is 22.0 Å². The Balaban J connectivity index is 2.07. The molecule has 0 unspecified atom stereocenters. The van der Waals surface area contributed by atoms with Crippen molar-refractivity contribution in [2.24, 2.45) is 0 Å². The third kappa shape index (κ3) is 3.28. The molecular weight excluding hydrogens is 395 g/mol. The second-order valence-corrected chi connectivity index (χ2v) is 6.71. The van der Waals surface area contributed by atoms with Crippen LogP contribution in [0.1, 0.15) is 16.1 Å². The molecule has 4 aromatic rings. The van der Waals surface area contributed by atoms with Gasteiger partial charge in [-0.25, -0.2) is 18.0 Å². The lowest BCUT2D eigenvalue weighted by Crippen LogP contribution is -2.12. The average Bonchev–Trinajstić information content (AvgIpc) is 3.04.